The first kappa shape index (κ1) is 9.76. The first-order chi connectivity index (χ1) is 6.15. The summed E-state index contributed by atoms with van der Waals surface area (Å²) in [4.78, 5) is 10.8. The van der Waals surface area contributed by atoms with Gasteiger partial charge in [0.25, 0.3) is 5.24 Å². The second-order valence-electron chi connectivity index (χ2n) is 2.75. The predicted octanol–water partition coefficient (Wildman–Crippen LogP) is 2.69. The van der Waals surface area contributed by atoms with Crippen molar-refractivity contribution in [2.24, 2.45) is 0 Å². The fourth-order valence-corrected chi connectivity index (χ4v) is 1.12. The molecule has 0 N–H and O–H groups in total. The number of carbonyl (C=O) groups is 1. The number of nitrogens with zero attached hydrogens (tertiary/aromatic N) is 1. The van der Waals surface area contributed by atoms with Crippen LogP contribution in [0.4, 0.5) is 0 Å². The Balaban J connectivity index is 3.07. The summed E-state index contributed by atoms with van der Waals surface area (Å²) in [7, 11) is 0. The molecular formula is C10H8ClNO. The van der Waals surface area contributed by atoms with Crippen molar-refractivity contribution in [2.75, 3.05) is 0 Å². The van der Waals surface area contributed by atoms with Gasteiger partial charge in [-0.15, -0.1) is 0 Å². The largest absolute Gasteiger partial charge is 0.276 e. The minimum Gasteiger partial charge on any atom is -0.276 e. The fourth-order valence-electron chi connectivity index (χ4n) is 1.00. The molecule has 0 unspecified atom stereocenters. The molecule has 0 heterocycles. The second-order valence-corrected chi connectivity index (χ2v) is 3.09. The third kappa shape index (κ3) is 2.30. The molecule has 1 atom stereocenters. The van der Waals surface area contributed by atoms with E-state index in [1.165, 1.54) is 0 Å². The summed E-state index contributed by atoms with van der Waals surface area (Å²) < 4.78 is 0. The number of carbonyl (C=O) groups excluding carboxylic acids is 1. The van der Waals surface area contributed by atoms with E-state index in [2.05, 4.69) is 6.07 Å². The summed E-state index contributed by atoms with van der Waals surface area (Å²) in [6, 6.07) is 8.89. The second kappa shape index (κ2) is 4.06. The average Bonchev–Trinajstić information content (AvgIpc) is 2.17. The lowest BCUT2D eigenvalue weighted by molar-refractivity contribution is 0.108. The zero-order chi connectivity index (χ0) is 9.84. The molecule has 0 saturated heterocycles. The molecular weight excluding hydrogens is 186 g/mol. The summed E-state index contributed by atoms with van der Waals surface area (Å²) >= 11 is 5.30. The van der Waals surface area contributed by atoms with E-state index in [9.17, 15) is 4.79 Å². The molecule has 0 aliphatic carbocycles. The van der Waals surface area contributed by atoms with Crippen molar-refractivity contribution in [3.63, 3.8) is 0 Å². The average molecular weight is 194 g/mol. The van der Waals surface area contributed by atoms with Crippen molar-refractivity contribution in [1.82, 2.24) is 0 Å². The quantitative estimate of drug-likeness (QED) is 0.678. The summed E-state index contributed by atoms with van der Waals surface area (Å²) in [5.74, 6) is -0.212. The molecule has 1 aromatic rings. The zero-order valence-corrected chi connectivity index (χ0v) is 7.88. The van der Waals surface area contributed by atoms with Crippen molar-refractivity contribution >= 4 is 16.8 Å². The molecule has 0 saturated carbocycles. The Hall–Kier alpha value is -1.33. The third-order valence-electron chi connectivity index (χ3n) is 1.81. The third-order valence-corrected chi connectivity index (χ3v) is 2.03. The van der Waals surface area contributed by atoms with Gasteiger partial charge in [0.1, 0.15) is 0 Å². The number of halogens is 1. The van der Waals surface area contributed by atoms with Crippen LogP contribution in [0, 0.1) is 11.3 Å². The molecule has 0 spiro atoms. The van der Waals surface area contributed by atoms with E-state index in [1.807, 2.05) is 0 Å². The minimum atomic E-state index is -0.494. The first-order valence-electron chi connectivity index (χ1n) is 3.84. The monoisotopic (exact) mass is 193 g/mol. The van der Waals surface area contributed by atoms with E-state index in [0.717, 1.165) is 5.56 Å². The summed E-state index contributed by atoms with van der Waals surface area (Å²) in [5.41, 5.74) is 1.25. The molecule has 0 aliphatic rings. The molecule has 0 amide bonds. The Bertz CT molecular complexity index is 367. The van der Waals surface area contributed by atoms with Gasteiger partial charge in [0.2, 0.25) is 0 Å². The van der Waals surface area contributed by atoms with Crippen molar-refractivity contribution in [3.8, 4) is 6.07 Å². The van der Waals surface area contributed by atoms with Crippen LogP contribution in [0.15, 0.2) is 24.3 Å². The Labute approximate surface area is 81.7 Å². The highest BCUT2D eigenvalue weighted by Gasteiger charge is 2.06. The highest BCUT2D eigenvalue weighted by Crippen LogP contribution is 2.16. The Kier molecular flexibility index (Phi) is 3.05. The number of rotatable bonds is 2. The molecule has 66 valence electrons. The van der Waals surface area contributed by atoms with Gasteiger partial charge in [-0.05, 0) is 30.2 Å². The predicted molar refractivity (Wildman–Crippen MR) is 50.7 cm³/mol. The summed E-state index contributed by atoms with van der Waals surface area (Å²) in [6.45, 7) is 1.78. The number of hydrogen-bond acceptors (Lipinski definition) is 2. The number of hydrogen-bond donors (Lipinski definition) is 0. The van der Waals surface area contributed by atoms with E-state index < -0.39 is 5.24 Å². The standard InChI is InChI=1S/C10H8ClNO/c1-7(6-12)8-3-2-4-9(5-8)10(11)13/h2-5,7H,1H3/t7-/m0/s1. The maximum absolute atomic E-state index is 10.8. The molecule has 1 rings (SSSR count). The molecule has 2 nitrogen and oxygen atoms in total. The molecule has 3 heteroatoms. The van der Waals surface area contributed by atoms with Gasteiger partial charge in [0.05, 0.1) is 12.0 Å². The lowest BCUT2D eigenvalue weighted by Gasteiger charge is -2.02. The van der Waals surface area contributed by atoms with Crippen LogP contribution >= 0.6 is 11.6 Å². The van der Waals surface area contributed by atoms with E-state index in [0.29, 0.717) is 5.56 Å². The van der Waals surface area contributed by atoms with E-state index in [4.69, 9.17) is 16.9 Å². The van der Waals surface area contributed by atoms with Gasteiger partial charge in [0, 0.05) is 5.56 Å². The van der Waals surface area contributed by atoms with Gasteiger partial charge in [-0.2, -0.15) is 5.26 Å². The van der Waals surface area contributed by atoms with Crippen molar-refractivity contribution < 1.29 is 4.79 Å². The van der Waals surface area contributed by atoms with Crippen LogP contribution in [0.2, 0.25) is 0 Å². The lowest BCUT2D eigenvalue weighted by atomic mass is 10.0. The van der Waals surface area contributed by atoms with Crippen molar-refractivity contribution in [2.45, 2.75) is 12.8 Å². The van der Waals surface area contributed by atoms with Crippen molar-refractivity contribution in [3.05, 3.63) is 35.4 Å². The molecule has 0 bridgehead atoms. The topological polar surface area (TPSA) is 40.9 Å². The van der Waals surface area contributed by atoms with Crippen LogP contribution in [0.25, 0.3) is 0 Å². The maximum Gasteiger partial charge on any atom is 0.252 e. The SMILES string of the molecule is C[C@@H](C#N)c1cccc(C(=O)Cl)c1. The van der Waals surface area contributed by atoms with Crippen LogP contribution in [-0.4, -0.2) is 5.24 Å². The molecule has 0 aromatic heterocycles. The van der Waals surface area contributed by atoms with Gasteiger partial charge in [-0.3, -0.25) is 4.79 Å². The van der Waals surface area contributed by atoms with Crippen LogP contribution in [0.5, 0.6) is 0 Å². The van der Waals surface area contributed by atoms with Crippen LogP contribution in [0.3, 0.4) is 0 Å². The Morgan fingerprint density at radius 3 is 2.85 bits per heavy atom. The molecule has 1 aromatic carbocycles. The smallest absolute Gasteiger partial charge is 0.252 e. The van der Waals surface area contributed by atoms with Gasteiger partial charge in [-0.25, -0.2) is 0 Å². The molecule has 0 radical (unpaired) electrons. The van der Waals surface area contributed by atoms with Crippen LogP contribution in [-0.2, 0) is 0 Å². The van der Waals surface area contributed by atoms with Gasteiger partial charge in [0.15, 0.2) is 0 Å². The maximum atomic E-state index is 10.8. The van der Waals surface area contributed by atoms with Crippen molar-refractivity contribution in [1.29, 1.82) is 5.26 Å². The Morgan fingerprint density at radius 1 is 1.62 bits per heavy atom. The number of nitriles is 1. The number of benzene rings is 1. The van der Waals surface area contributed by atoms with Gasteiger partial charge < -0.3 is 0 Å². The van der Waals surface area contributed by atoms with E-state index in [1.54, 1.807) is 31.2 Å². The zero-order valence-electron chi connectivity index (χ0n) is 7.12. The molecule has 0 aliphatic heterocycles. The summed E-state index contributed by atoms with van der Waals surface area (Å²) in [5, 5.41) is 8.16. The highest BCUT2D eigenvalue weighted by atomic mass is 35.5. The summed E-state index contributed by atoms with van der Waals surface area (Å²) in [6.07, 6.45) is 0. The fraction of sp³-hybridized carbons (Fsp3) is 0.200. The van der Waals surface area contributed by atoms with Gasteiger partial charge >= 0.3 is 0 Å². The van der Waals surface area contributed by atoms with E-state index in [-0.39, 0.29) is 5.92 Å². The molecule has 0 fully saturated rings. The van der Waals surface area contributed by atoms with Gasteiger partial charge in [-0.1, -0.05) is 18.2 Å². The highest BCUT2D eigenvalue weighted by molar-refractivity contribution is 6.67. The minimum absolute atomic E-state index is 0.212. The lowest BCUT2D eigenvalue weighted by Crippen LogP contribution is -1.94. The van der Waals surface area contributed by atoms with Crippen LogP contribution in [0.1, 0.15) is 28.8 Å². The normalized spacial score (nSPS) is 11.8. The first-order valence-corrected chi connectivity index (χ1v) is 4.22. The van der Waals surface area contributed by atoms with Crippen LogP contribution < -0.4 is 0 Å². The van der Waals surface area contributed by atoms with E-state index >= 15 is 0 Å². The molecule has 13 heavy (non-hydrogen) atoms. The Morgan fingerprint density at radius 2 is 2.31 bits per heavy atom.